The Morgan fingerprint density at radius 2 is 2.22 bits per heavy atom. The first kappa shape index (κ1) is 9.92. The highest BCUT2D eigenvalue weighted by Gasteiger charge is 1.99. The van der Waals surface area contributed by atoms with E-state index in [1.807, 2.05) is 0 Å². The molecule has 0 spiro atoms. The second-order valence-electron chi connectivity index (χ2n) is 0.743. The van der Waals surface area contributed by atoms with Crippen LogP contribution in [0.3, 0.4) is 0 Å². The van der Waals surface area contributed by atoms with E-state index < -0.39 is 6.46 Å². The summed E-state index contributed by atoms with van der Waals surface area (Å²) < 4.78 is 4.26. The van der Waals surface area contributed by atoms with Crippen molar-refractivity contribution in [2.75, 3.05) is 0 Å². The minimum absolute atomic E-state index is 0.115. The van der Waals surface area contributed by atoms with Gasteiger partial charge < -0.3 is 0 Å². The fourth-order valence-electron chi connectivity index (χ4n) is 0.0766. The van der Waals surface area contributed by atoms with Crippen molar-refractivity contribution in [1.29, 1.82) is 0 Å². The summed E-state index contributed by atoms with van der Waals surface area (Å²) in [7, 11) is 0.868. The quantitative estimate of drug-likeness (QED) is 0.246. The molecule has 0 bridgehead atoms. The van der Waals surface area contributed by atoms with Gasteiger partial charge in [0, 0.05) is 9.83 Å². The van der Waals surface area contributed by atoms with Crippen LogP contribution in [-0.2, 0) is 42.9 Å². The van der Waals surface area contributed by atoms with Crippen LogP contribution in [0.4, 0.5) is 0 Å². The smallest absolute Gasteiger partial charge is 0.288 e. The highest BCUT2D eigenvalue weighted by Crippen LogP contribution is 2.18. The zero-order valence-corrected chi connectivity index (χ0v) is 8.04. The molecule has 0 heterocycles. The number of carbonyl (C=O) groups is 1. The monoisotopic (exact) mass is 222 g/mol. The molecule has 0 amide bonds. The lowest BCUT2D eigenvalue weighted by Crippen LogP contribution is -1.95. The molecule has 3 nitrogen and oxygen atoms in total. The van der Waals surface area contributed by atoms with E-state index >= 15 is 0 Å². The van der Waals surface area contributed by atoms with E-state index in [2.05, 4.69) is 43.3 Å². The predicted octanol–water partition coefficient (Wildman–Crippen LogP) is 0.577. The molecule has 0 saturated carbocycles. The van der Waals surface area contributed by atoms with Gasteiger partial charge in [-0.05, 0) is 22.4 Å². The lowest BCUT2D eigenvalue weighted by atomic mass is 11.7. The Hall–Kier alpha value is 0.920. The van der Waals surface area contributed by atoms with Crippen molar-refractivity contribution < 1.29 is 14.0 Å². The van der Waals surface area contributed by atoms with E-state index in [1.165, 1.54) is 0 Å². The van der Waals surface area contributed by atoms with Crippen molar-refractivity contribution in [2.24, 2.45) is 0 Å². The van der Waals surface area contributed by atoms with Crippen LogP contribution in [0.1, 0.15) is 0 Å². The average molecular weight is 222 g/mol. The van der Waals surface area contributed by atoms with Crippen LogP contribution < -0.4 is 0 Å². The summed E-state index contributed by atoms with van der Waals surface area (Å²) in [5.74, 6) is 0. The Morgan fingerprint density at radius 1 is 1.67 bits per heavy atom. The van der Waals surface area contributed by atoms with Gasteiger partial charge in [-0.25, -0.2) is 0 Å². The van der Waals surface area contributed by atoms with Gasteiger partial charge in [0.05, 0.1) is 0 Å². The Balaban J connectivity index is 3.74. The number of rotatable bonds is 4. The van der Waals surface area contributed by atoms with Crippen LogP contribution in [0.2, 0.25) is 0 Å². The third kappa shape index (κ3) is 5.37. The summed E-state index contributed by atoms with van der Waals surface area (Å²) in [6, 6.07) is 0. The Labute approximate surface area is 70.6 Å². The van der Waals surface area contributed by atoms with E-state index in [-0.39, 0.29) is 6.47 Å². The molecule has 0 atom stereocenters. The summed E-state index contributed by atoms with van der Waals surface area (Å²) >= 11 is 12.9. The maximum Gasteiger partial charge on any atom is 0.332 e. The van der Waals surface area contributed by atoms with Gasteiger partial charge in [-0.3, -0.25) is 9.68 Å². The predicted molar refractivity (Wildman–Crippen MR) is 46.9 cm³/mol. The number of carbonyl (C=O) groups excluding carboxylic acids is 1. The molecule has 0 saturated heterocycles. The molecule has 0 unspecified atom stereocenters. The largest absolute Gasteiger partial charge is 0.332 e. The van der Waals surface area contributed by atoms with E-state index in [4.69, 9.17) is 0 Å². The third-order valence-corrected chi connectivity index (χ3v) is 6.66. The third-order valence-electron chi connectivity index (χ3n) is 0.253. The van der Waals surface area contributed by atoms with E-state index in [9.17, 15) is 4.79 Å². The van der Waals surface area contributed by atoms with Gasteiger partial charge in [0.1, 0.15) is 6.46 Å². The van der Waals surface area contributed by atoms with Gasteiger partial charge in [0.15, 0.2) is 0 Å². The number of hydrogen-bond donors (Lipinski definition) is 1. The van der Waals surface area contributed by atoms with Crippen molar-refractivity contribution in [2.45, 2.75) is 0 Å². The van der Waals surface area contributed by atoms with Gasteiger partial charge in [-0.15, -0.1) is 0 Å². The topological polar surface area (TPSA) is 35.5 Å². The second-order valence-corrected chi connectivity index (χ2v) is 9.76. The minimum Gasteiger partial charge on any atom is -0.288 e. The molecule has 0 aromatic rings. The molecule has 9 heavy (non-hydrogen) atoms. The highest BCUT2D eigenvalue weighted by molar-refractivity contribution is 9.15. The van der Waals surface area contributed by atoms with Crippen molar-refractivity contribution >= 4 is 56.8 Å². The van der Waals surface area contributed by atoms with Gasteiger partial charge >= 0.3 is 6.47 Å². The lowest BCUT2D eigenvalue weighted by molar-refractivity contribution is -0.188. The van der Waals surface area contributed by atoms with E-state index in [0.717, 1.165) is 9.83 Å². The lowest BCUT2D eigenvalue weighted by Gasteiger charge is -1.99. The van der Waals surface area contributed by atoms with Crippen molar-refractivity contribution in [3.8, 4) is 0 Å². The maximum atomic E-state index is 9.51. The molecule has 0 radical (unpaired) electrons. The molecule has 0 aliphatic carbocycles. The molecule has 8 heteroatoms. The molecule has 0 rings (SSSR count). The summed E-state index contributed by atoms with van der Waals surface area (Å²) in [5.41, 5.74) is 0. The normalized spacial score (nSPS) is 10.8. The van der Waals surface area contributed by atoms with Crippen LogP contribution in [0.15, 0.2) is 0 Å². The highest BCUT2D eigenvalue weighted by atomic mass is 33.7. The molecule has 0 aliphatic rings. The van der Waals surface area contributed by atoms with Gasteiger partial charge in [-0.2, -0.15) is 0 Å². The maximum absolute atomic E-state index is 9.51. The van der Waals surface area contributed by atoms with Gasteiger partial charge in [0.2, 0.25) is 0 Å². The van der Waals surface area contributed by atoms with Crippen LogP contribution in [0.25, 0.3) is 0 Å². The Kier molecular flexibility index (Phi) is 5.17. The summed E-state index contributed by atoms with van der Waals surface area (Å²) in [6.07, 6.45) is 0. The van der Waals surface area contributed by atoms with Crippen LogP contribution in [0.5, 0.6) is 0 Å². The van der Waals surface area contributed by atoms with Crippen LogP contribution in [0, 0.1) is 0 Å². The van der Waals surface area contributed by atoms with Crippen molar-refractivity contribution in [3.63, 3.8) is 0 Å². The number of thiol groups is 1. The van der Waals surface area contributed by atoms with Crippen molar-refractivity contribution in [1.82, 2.24) is 0 Å². The Bertz CT molecular complexity index is 169. The number of hydrogen-bond acceptors (Lipinski definition) is 7. The first-order valence-corrected chi connectivity index (χ1v) is 7.28. The minimum atomic E-state index is -2.19. The van der Waals surface area contributed by atoms with E-state index in [0.29, 0.717) is 0 Å². The summed E-state index contributed by atoms with van der Waals surface area (Å²) in [5, 5.41) is 0. The molecule has 0 N–H and O–H groups in total. The SMILES string of the molecule is O=COOS(=S)(=S)SS. The zero-order valence-electron chi connectivity index (χ0n) is 3.88. The first-order valence-electron chi connectivity index (χ1n) is 1.49. The summed E-state index contributed by atoms with van der Waals surface area (Å²) in [4.78, 5) is 13.4. The van der Waals surface area contributed by atoms with E-state index in [1.54, 1.807) is 0 Å². The first-order chi connectivity index (χ1) is 4.12. The molecule has 54 valence electrons. The average Bonchev–Trinajstić information content (AvgIpc) is 1.84. The molecular formula is CH2O3S5. The Morgan fingerprint density at radius 3 is 2.56 bits per heavy atom. The fraction of sp³-hybridized carbons (Fsp3) is 0. The second kappa shape index (κ2) is 4.69. The fourth-order valence-corrected chi connectivity index (χ4v) is 0.817. The summed E-state index contributed by atoms with van der Waals surface area (Å²) in [6.45, 7) is -2.07. The van der Waals surface area contributed by atoms with Gasteiger partial charge in [0.25, 0.3) is 0 Å². The van der Waals surface area contributed by atoms with Gasteiger partial charge in [-0.1, -0.05) is 16.0 Å². The molecular weight excluding hydrogens is 220 g/mol. The standard InChI is InChI=1S/CH2O3S5/c2-1-3-4-9(6,7)8-5/h1,5H. The van der Waals surface area contributed by atoms with Crippen LogP contribution >= 0.6 is 21.5 Å². The molecule has 0 fully saturated rings. The zero-order chi connectivity index (χ0) is 7.33. The molecule has 0 aliphatic heterocycles. The molecule has 0 aromatic carbocycles. The van der Waals surface area contributed by atoms with Crippen LogP contribution in [-0.4, -0.2) is 6.47 Å². The molecule has 0 aromatic heterocycles. The van der Waals surface area contributed by atoms with Crippen molar-refractivity contribution in [3.05, 3.63) is 0 Å².